The SMILES string of the molecule is c1ccc2c(c1)cc1nc3ncc[nH]c3cc12. The summed E-state index contributed by atoms with van der Waals surface area (Å²) in [5.74, 6) is 0. The number of hydrogen-bond donors (Lipinski definition) is 1. The van der Waals surface area contributed by atoms with Gasteiger partial charge in [0.1, 0.15) is 0 Å². The van der Waals surface area contributed by atoms with Crippen molar-refractivity contribution in [3.63, 3.8) is 0 Å². The Morgan fingerprint density at radius 2 is 1.94 bits per heavy atom. The van der Waals surface area contributed by atoms with E-state index in [4.69, 9.17) is 0 Å². The van der Waals surface area contributed by atoms with Crippen molar-refractivity contribution in [3.8, 4) is 0 Å². The maximum absolute atomic E-state index is 4.57. The number of nitrogens with zero attached hydrogens (tertiary/aromatic N) is 2. The third kappa shape index (κ3) is 1.16. The highest BCUT2D eigenvalue weighted by molar-refractivity contribution is 6.12. The molecule has 0 radical (unpaired) electrons. The smallest absolute Gasteiger partial charge is 0.176 e. The van der Waals surface area contributed by atoms with Gasteiger partial charge in [-0.3, -0.25) is 0 Å². The van der Waals surface area contributed by atoms with Gasteiger partial charge in [-0.25, -0.2) is 9.97 Å². The lowest BCUT2D eigenvalue weighted by Gasteiger charge is -1.97. The minimum Gasteiger partial charge on any atom is -0.357 e. The van der Waals surface area contributed by atoms with Crippen LogP contribution in [-0.4, -0.2) is 15.0 Å². The van der Waals surface area contributed by atoms with E-state index in [1.54, 1.807) is 6.20 Å². The van der Waals surface area contributed by atoms with Crippen molar-refractivity contribution >= 4 is 32.8 Å². The molecule has 3 heteroatoms. The molecule has 4 aromatic rings. The molecular formula is C14H9N3. The molecule has 0 aliphatic carbocycles. The van der Waals surface area contributed by atoms with Crippen molar-refractivity contribution < 1.29 is 0 Å². The topological polar surface area (TPSA) is 41.6 Å². The molecule has 2 aromatic heterocycles. The lowest BCUT2D eigenvalue weighted by Crippen LogP contribution is -1.85. The second-order valence-electron chi connectivity index (χ2n) is 4.11. The summed E-state index contributed by atoms with van der Waals surface area (Å²) in [5, 5.41) is 3.65. The summed E-state index contributed by atoms with van der Waals surface area (Å²) in [7, 11) is 0. The lowest BCUT2D eigenvalue weighted by molar-refractivity contribution is 1.25. The number of pyridine rings is 1. The first-order valence-corrected chi connectivity index (χ1v) is 5.53. The minimum atomic E-state index is 0.760. The average Bonchev–Trinajstić information content (AvgIpc) is 2.73. The van der Waals surface area contributed by atoms with Gasteiger partial charge in [0.25, 0.3) is 0 Å². The number of rotatable bonds is 0. The van der Waals surface area contributed by atoms with E-state index in [0.717, 1.165) is 16.7 Å². The van der Waals surface area contributed by atoms with Crippen LogP contribution in [0.25, 0.3) is 32.8 Å². The van der Waals surface area contributed by atoms with Gasteiger partial charge in [0.2, 0.25) is 0 Å². The Kier molecular flexibility index (Phi) is 1.56. The zero-order valence-electron chi connectivity index (χ0n) is 9.01. The van der Waals surface area contributed by atoms with Gasteiger partial charge in [-0.1, -0.05) is 24.3 Å². The first-order chi connectivity index (χ1) is 8.42. The molecule has 0 aliphatic rings. The van der Waals surface area contributed by atoms with Crippen LogP contribution in [0.1, 0.15) is 0 Å². The highest BCUT2D eigenvalue weighted by Crippen LogP contribution is 2.28. The van der Waals surface area contributed by atoms with Crippen molar-refractivity contribution in [1.29, 1.82) is 0 Å². The van der Waals surface area contributed by atoms with Crippen LogP contribution in [0.3, 0.4) is 0 Å². The normalized spacial score (nSPS) is 11.5. The Morgan fingerprint density at radius 3 is 2.94 bits per heavy atom. The summed E-state index contributed by atoms with van der Waals surface area (Å²) in [6, 6.07) is 12.6. The molecule has 0 unspecified atom stereocenters. The van der Waals surface area contributed by atoms with Gasteiger partial charge in [-0.15, -0.1) is 0 Å². The largest absolute Gasteiger partial charge is 0.357 e. The molecule has 17 heavy (non-hydrogen) atoms. The van der Waals surface area contributed by atoms with E-state index in [1.165, 1.54) is 16.2 Å². The number of H-pyrrole nitrogens is 1. The van der Waals surface area contributed by atoms with Crippen molar-refractivity contribution in [2.75, 3.05) is 0 Å². The van der Waals surface area contributed by atoms with E-state index in [2.05, 4.69) is 45.3 Å². The Labute approximate surface area is 97.1 Å². The first-order valence-electron chi connectivity index (χ1n) is 5.53. The number of aromatic amines is 1. The van der Waals surface area contributed by atoms with E-state index >= 15 is 0 Å². The zero-order valence-corrected chi connectivity index (χ0v) is 9.01. The summed E-state index contributed by atoms with van der Waals surface area (Å²) in [6.07, 6.45) is 3.55. The number of benzene rings is 1. The Bertz CT molecular complexity index is 840. The third-order valence-corrected chi connectivity index (χ3v) is 3.09. The molecule has 2 heterocycles. The predicted molar refractivity (Wildman–Crippen MR) is 68.9 cm³/mol. The average molecular weight is 219 g/mol. The van der Waals surface area contributed by atoms with E-state index in [-0.39, 0.29) is 0 Å². The molecule has 80 valence electrons. The van der Waals surface area contributed by atoms with Crippen LogP contribution in [-0.2, 0) is 0 Å². The molecule has 0 saturated carbocycles. The van der Waals surface area contributed by atoms with Gasteiger partial charge in [-0.2, -0.15) is 0 Å². The van der Waals surface area contributed by atoms with Crippen molar-refractivity contribution in [2.45, 2.75) is 0 Å². The fourth-order valence-corrected chi connectivity index (χ4v) is 2.30. The molecule has 3 nitrogen and oxygen atoms in total. The van der Waals surface area contributed by atoms with Crippen LogP contribution in [0, 0.1) is 0 Å². The number of aromatic nitrogens is 3. The van der Waals surface area contributed by atoms with E-state index in [0.29, 0.717) is 0 Å². The van der Waals surface area contributed by atoms with Crippen LogP contribution in [0.4, 0.5) is 0 Å². The van der Waals surface area contributed by atoms with Gasteiger partial charge >= 0.3 is 0 Å². The summed E-state index contributed by atoms with van der Waals surface area (Å²) >= 11 is 0. The molecule has 0 atom stereocenters. The molecule has 0 spiro atoms. The molecule has 4 rings (SSSR count). The van der Waals surface area contributed by atoms with Crippen LogP contribution < -0.4 is 0 Å². The minimum absolute atomic E-state index is 0.760. The van der Waals surface area contributed by atoms with Gasteiger partial charge < -0.3 is 4.98 Å². The summed E-state index contributed by atoms with van der Waals surface area (Å²) < 4.78 is 0. The van der Waals surface area contributed by atoms with Crippen LogP contribution in [0.2, 0.25) is 0 Å². The second kappa shape index (κ2) is 3.04. The summed E-state index contributed by atoms with van der Waals surface area (Å²) in [6.45, 7) is 0. The van der Waals surface area contributed by atoms with Gasteiger partial charge in [0.15, 0.2) is 5.65 Å². The van der Waals surface area contributed by atoms with Crippen molar-refractivity contribution in [1.82, 2.24) is 15.0 Å². The van der Waals surface area contributed by atoms with Crippen LogP contribution in [0.15, 0.2) is 48.8 Å². The molecule has 0 amide bonds. The molecule has 1 N–H and O–H groups in total. The molecular weight excluding hydrogens is 210 g/mol. The maximum atomic E-state index is 4.57. The van der Waals surface area contributed by atoms with Gasteiger partial charge in [0, 0.05) is 17.8 Å². The predicted octanol–water partition coefficient (Wildman–Crippen LogP) is 3.26. The third-order valence-electron chi connectivity index (χ3n) is 3.09. The lowest BCUT2D eigenvalue weighted by atomic mass is 10.2. The summed E-state index contributed by atoms with van der Waals surface area (Å²) in [4.78, 5) is 12.0. The molecule has 0 aliphatic heterocycles. The van der Waals surface area contributed by atoms with Crippen molar-refractivity contribution in [3.05, 3.63) is 48.8 Å². The number of hydrogen-bond acceptors (Lipinski definition) is 2. The van der Waals surface area contributed by atoms with Gasteiger partial charge in [-0.05, 0) is 22.9 Å². The monoisotopic (exact) mass is 219 g/mol. The van der Waals surface area contributed by atoms with Crippen molar-refractivity contribution in [2.24, 2.45) is 0 Å². The highest BCUT2D eigenvalue weighted by atomic mass is 14.9. The van der Waals surface area contributed by atoms with E-state index in [1.807, 2.05) is 12.3 Å². The number of fused-ring (bicyclic) bond motifs is 4. The Morgan fingerprint density at radius 1 is 1.00 bits per heavy atom. The second-order valence-corrected chi connectivity index (χ2v) is 4.11. The maximum Gasteiger partial charge on any atom is 0.176 e. The van der Waals surface area contributed by atoms with E-state index < -0.39 is 0 Å². The van der Waals surface area contributed by atoms with Crippen LogP contribution in [0.5, 0.6) is 0 Å². The fraction of sp³-hybridized carbons (Fsp3) is 0. The molecule has 0 fully saturated rings. The fourth-order valence-electron chi connectivity index (χ4n) is 2.30. The van der Waals surface area contributed by atoms with Crippen LogP contribution >= 0.6 is 0 Å². The first kappa shape index (κ1) is 8.70. The molecule has 2 aromatic carbocycles. The summed E-state index contributed by atoms with van der Waals surface area (Å²) in [5.41, 5.74) is 2.73. The Hall–Kier alpha value is -2.42. The van der Waals surface area contributed by atoms with Gasteiger partial charge in [0.05, 0.1) is 11.0 Å². The van der Waals surface area contributed by atoms with E-state index in [9.17, 15) is 0 Å². The Balaban J connectivity index is 2.28. The number of nitrogens with one attached hydrogen (secondary N) is 1. The molecule has 0 bridgehead atoms. The molecule has 0 saturated heterocycles. The highest BCUT2D eigenvalue weighted by Gasteiger charge is 2.06. The standard InChI is InChI=1S/C14H9N3/c1-2-4-10-9(3-1)7-12-11(10)8-13-14(17-12)16-6-5-15-13/h1-8,15H. The zero-order chi connectivity index (χ0) is 11.2. The quantitative estimate of drug-likeness (QED) is 0.493.